The monoisotopic (exact) mass is 305 g/mol. The lowest BCUT2D eigenvalue weighted by Crippen LogP contribution is -2.22. The minimum atomic E-state index is 0.710. The number of nitriles is 1. The van der Waals surface area contributed by atoms with Crippen LogP contribution in [0, 0.1) is 18.3 Å². The standard InChI is InChI=1S/C20H23N3/c1-15-4-9-18-10-12-22-11-2-3-19(18)20(15)23-14-17-7-5-16(13-21)6-8-17/h4-9,22-23H,2-3,10-12,14H2,1H3. The van der Waals surface area contributed by atoms with Gasteiger partial charge in [-0.25, -0.2) is 0 Å². The van der Waals surface area contributed by atoms with Crippen LogP contribution in [0.1, 0.15) is 34.2 Å². The molecule has 0 unspecified atom stereocenters. The average molecular weight is 305 g/mol. The summed E-state index contributed by atoms with van der Waals surface area (Å²) in [5.41, 5.74) is 7.47. The molecule has 2 aromatic rings. The van der Waals surface area contributed by atoms with E-state index in [1.807, 2.05) is 24.3 Å². The quantitative estimate of drug-likeness (QED) is 0.911. The van der Waals surface area contributed by atoms with Crippen molar-refractivity contribution in [1.29, 1.82) is 5.26 Å². The SMILES string of the molecule is Cc1ccc2c(c1NCc1ccc(C#N)cc1)CCCNCC2. The van der Waals surface area contributed by atoms with Crippen molar-refractivity contribution in [2.75, 3.05) is 18.4 Å². The van der Waals surface area contributed by atoms with E-state index in [1.165, 1.54) is 34.4 Å². The first-order valence-corrected chi connectivity index (χ1v) is 8.33. The second kappa shape index (κ2) is 7.30. The van der Waals surface area contributed by atoms with E-state index in [0.29, 0.717) is 5.56 Å². The molecule has 0 fully saturated rings. The fourth-order valence-electron chi connectivity index (χ4n) is 3.20. The lowest BCUT2D eigenvalue weighted by atomic mass is 9.94. The summed E-state index contributed by atoms with van der Waals surface area (Å²) < 4.78 is 0. The number of nitrogens with zero attached hydrogens (tertiary/aromatic N) is 1. The zero-order valence-electron chi connectivity index (χ0n) is 13.7. The third-order valence-electron chi connectivity index (χ3n) is 4.52. The van der Waals surface area contributed by atoms with E-state index in [0.717, 1.165) is 32.5 Å². The summed E-state index contributed by atoms with van der Waals surface area (Å²) in [6.07, 6.45) is 3.41. The third kappa shape index (κ3) is 3.72. The Morgan fingerprint density at radius 3 is 2.70 bits per heavy atom. The molecule has 2 N–H and O–H groups in total. The first kappa shape index (κ1) is 15.6. The van der Waals surface area contributed by atoms with Gasteiger partial charge in [0.25, 0.3) is 0 Å². The van der Waals surface area contributed by atoms with Crippen molar-refractivity contribution in [3.8, 4) is 6.07 Å². The Morgan fingerprint density at radius 1 is 1.09 bits per heavy atom. The molecule has 0 saturated heterocycles. The van der Waals surface area contributed by atoms with E-state index in [-0.39, 0.29) is 0 Å². The van der Waals surface area contributed by atoms with Crippen molar-refractivity contribution in [1.82, 2.24) is 5.32 Å². The smallest absolute Gasteiger partial charge is 0.0991 e. The first-order valence-electron chi connectivity index (χ1n) is 8.33. The van der Waals surface area contributed by atoms with Crippen LogP contribution in [0.4, 0.5) is 5.69 Å². The molecule has 0 radical (unpaired) electrons. The Bertz CT molecular complexity index is 711. The van der Waals surface area contributed by atoms with Crippen molar-refractivity contribution in [2.24, 2.45) is 0 Å². The van der Waals surface area contributed by atoms with Crippen LogP contribution in [0.2, 0.25) is 0 Å². The maximum Gasteiger partial charge on any atom is 0.0991 e. The van der Waals surface area contributed by atoms with Gasteiger partial charge in [0.1, 0.15) is 0 Å². The number of hydrogen-bond acceptors (Lipinski definition) is 3. The van der Waals surface area contributed by atoms with E-state index in [4.69, 9.17) is 5.26 Å². The molecule has 3 heteroatoms. The summed E-state index contributed by atoms with van der Waals surface area (Å²) in [4.78, 5) is 0. The van der Waals surface area contributed by atoms with Crippen molar-refractivity contribution < 1.29 is 0 Å². The Kier molecular flexibility index (Phi) is 4.95. The summed E-state index contributed by atoms with van der Waals surface area (Å²) in [6, 6.07) is 14.5. The molecule has 0 aliphatic carbocycles. The van der Waals surface area contributed by atoms with Gasteiger partial charge in [-0.3, -0.25) is 0 Å². The van der Waals surface area contributed by atoms with Gasteiger partial charge in [0.15, 0.2) is 0 Å². The largest absolute Gasteiger partial charge is 0.381 e. The fourth-order valence-corrected chi connectivity index (χ4v) is 3.20. The van der Waals surface area contributed by atoms with Gasteiger partial charge < -0.3 is 10.6 Å². The Morgan fingerprint density at radius 2 is 1.91 bits per heavy atom. The van der Waals surface area contributed by atoms with Gasteiger partial charge in [-0.1, -0.05) is 24.3 Å². The average Bonchev–Trinajstić information content (AvgIpc) is 2.56. The maximum atomic E-state index is 8.88. The summed E-state index contributed by atoms with van der Waals surface area (Å²) >= 11 is 0. The molecule has 1 aliphatic rings. The van der Waals surface area contributed by atoms with Crippen molar-refractivity contribution in [3.05, 3.63) is 64.2 Å². The normalized spacial score (nSPS) is 14.3. The fraction of sp³-hybridized carbons (Fsp3) is 0.350. The van der Waals surface area contributed by atoms with Crippen LogP contribution in [0.15, 0.2) is 36.4 Å². The van der Waals surface area contributed by atoms with E-state index < -0.39 is 0 Å². The highest BCUT2D eigenvalue weighted by Gasteiger charge is 2.13. The van der Waals surface area contributed by atoms with Gasteiger partial charge in [-0.15, -0.1) is 0 Å². The lowest BCUT2D eigenvalue weighted by Gasteiger charge is -2.21. The van der Waals surface area contributed by atoms with Crippen LogP contribution in [-0.4, -0.2) is 13.1 Å². The molecular weight excluding hydrogens is 282 g/mol. The van der Waals surface area contributed by atoms with E-state index in [9.17, 15) is 0 Å². The van der Waals surface area contributed by atoms with Crippen LogP contribution >= 0.6 is 0 Å². The molecule has 2 aromatic carbocycles. The molecule has 0 aromatic heterocycles. The zero-order valence-corrected chi connectivity index (χ0v) is 13.7. The van der Waals surface area contributed by atoms with Gasteiger partial charge in [0.05, 0.1) is 11.6 Å². The maximum absolute atomic E-state index is 8.88. The summed E-state index contributed by atoms with van der Waals surface area (Å²) in [5, 5.41) is 16.0. The van der Waals surface area contributed by atoms with Crippen LogP contribution < -0.4 is 10.6 Å². The van der Waals surface area contributed by atoms with Crippen LogP contribution in [-0.2, 0) is 19.4 Å². The number of fused-ring (bicyclic) bond motifs is 1. The van der Waals surface area contributed by atoms with E-state index in [1.54, 1.807) is 0 Å². The first-order chi connectivity index (χ1) is 11.3. The minimum Gasteiger partial charge on any atom is -0.381 e. The van der Waals surface area contributed by atoms with Gasteiger partial charge in [0, 0.05) is 12.2 Å². The molecule has 0 saturated carbocycles. The minimum absolute atomic E-state index is 0.710. The molecule has 3 rings (SSSR count). The molecule has 118 valence electrons. The molecule has 0 atom stereocenters. The van der Waals surface area contributed by atoms with Crippen LogP contribution in [0.5, 0.6) is 0 Å². The highest BCUT2D eigenvalue weighted by molar-refractivity contribution is 5.60. The topological polar surface area (TPSA) is 47.9 Å². The highest BCUT2D eigenvalue weighted by atomic mass is 14.9. The number of nitrogens with one attached hydrogen (secondary N) is 2. The number of anilines is 1. The third-order valence-corrected chi connectivity index (χ3v) is 4.52. The molecule has 0 spiro atoms. The van der Waals surface area contributed by atoms with Gasteiger partial charge in [0.2, 0.25) is 0 Å². The zero-order chi connectivity index (χ0) is 16.1. The number of hydrogen-bond donors (Lipinski definition) is 2. The molecule has 0 bridgehead atoms. The lowest BCUT2D eigenvalue weighted by molar-refractivity contribution is 0.626. The second-order valence-corrected chi connectivity index (χ2v) is 6.16. The summed E-state index contributed by atoms with van der Waals surface area (Å²) in [5.74, 6) is 0. The number of benzene rings is 2. The van der Waals surface area contributed by atoms with E-state index in [2.05, 4.69) is 35.8 Å². The molecule has 3 nitrogen and oxygen atoms in total. The van der Waals surface area contributed by atoms with Crippen molar-refractivity contribution in [2.45, 2.75) is 32.7 Å². The van der Waals surface area contributed by atoms with E-state index >= 15 is 0 Å². The number of rotatable bonds is 3. The van der Waals surface area contributed by atoms with Gasteiger partial charge in [-0.05, 0) is 73.7 Å². The van der Waals surface area contributed by atoms with Crippen molar-refractivity contribution in [3.63, 3.8) is 0 Å². The Labute approximate surface area is 138 Å². The predicted molar refractivity (Wildman–Crippen MR) is 94.6 cm³/mol. The molecular formula is C20H23N3. The summed E-state index contributed by atoms with van der Waals surface area (Å²) in [6.45, 7) is 5.13. The van der Waals surface area contributed by atoms with Crippen LogP contribution in [0.3, 0.4) is 0 Å². The molecule has 0 amide bonds. The van der Waals surface area contributed by atoms with Crippen LogP contribution in [0.25, 0.3) is 0 Å². The second-order valence-electron chi connectivity index (χ2n) is 6.16. The molecule has 1 aliphatic heterocycles. The molecule has 23 heavy (non-hydrogen) atoms. The Balaban J connectivity index is 1.81. The predicted octanol–water partition coefficient (Wildman–Crippen LogP) is 3.56. The highest BCUT2D eigenvalue weighted by Crippen LogP contribution is 2.27. The Hall–Kier alpha value is -2.31. The number of aryl methyl sites for hydroxylation is 1. The van der Waals surface area contributed by atoms with Crippen molar-refractivity contribution >= 4 is 5.69 Å². The van der Waals surface area contributed by atoms with Gasteiger partial charge in [-0.2, -0.15) is 5.26 Å². The summed E-state index contributed by atoms with van der Waals surface area (Å²) in [7, 11) is 0. The van der Waals surface area contributed by atoms with Gasteiger partial charge >= 0.3 is 0 Å². The molecule has 1 heterocycles.